The van der Waals surface area contributed by atoms with Crippen molar-refractivity contribution in [1.82, 2.24) is 9.78 Å². The second-order valence-corrected chi connectivity index (χ2v) is 3.40. The summed E-state index contributed by atoms with van der Waals surface area (Å²) >= 11 is 0. The van der Waals surface area contributed by atoms with Crippen LogP contribution in [0.15, 0.2) is 24.4 Å². The molecule has 0 amide bonds. The Labute approximate surface area is 91.3 Å². The van der Waals surface area contributed by atoms with E-state index in [-0.39, 0.29) is 5.56 Å². The van der Waals surface area contributed by atoms with Gasteiger partial charge in [-0.25, -0.2) is 4.79 Å². The Morgan fingerprint density at radius 1 is 1.50 bits per heavy atom. The molecule has 0 unspecified atom stereocenters. The Morgan fingerprint density at radius 3 is 3.00 bits per heavy atom. The SMILES string of the molecule is O=CCCn1ncc2cc(C(=O)O)ccc21. The van der Waals surface area contributed by atoms with Crippen LogP contribution in [0.1, 0.15) is 16.8 Å². The van der Waals surface area contributed by atoms with Gasteiger partial charge in [0.15, 0.2) is 0 Å². The molecule has 1 aromatic heterocycles. The highest BCUT2D eigenvalue weighted by Crippen LogP contribution is 2.16. The number of carbonyl (C=O) groups excluding carboxylic acids is 1. The number of fused-ring (bicyclic) bond motifs is 1. The maximum atomic E-state index is 10.7. The monoisotopic (exact) mass is 218 g/mol. The lowest BCUT2D eigenvalue weighted by Gasteiger charge is -2.00. The van der Waals surface area contributed by atoms with Gasteiger partial charge in [0, 0.05) is 18.4 Å². The molecule has 0 spiro atoms. The minimum Gasteiger partial charge on any atom is -0.478 e. The molecule has 0 atom stereocenters. The first-order chi connectivity index (χ1) is 7.72. The quantitative estimate of drug-likeness (QED) is 0.785. The third-order valence-electron chi connectivity index (χ3n) is 2.35. The van der Waals surface area contributed by atoms with Crippen molar-refractivity contribution in [2.24, 2.45) is 0 Å². The van der Waals surface area contributed by atoms with Gasteiger partial charge in [0.05, 0.1) is 17.3 Å². The number of hydrogen-bond acceptors (Lipinski definition) is 3. The number of nitrogens with zero attached hydrogens (tertiary/aromatic N) is 2. The van der Waals surface area contributed by atoms with E-state index in [1.165, 1.54) is 6.07 Å². The molecule has 5 heteroatoms. The third-order valence-corrected chi connectivity index (χ3v) is 2.35. The van der Waals surface area contributed by atoms with Crippen molar-refractivity contribution in [3.05, 3.63) is 30.0 Å². The molecule has 0 fully saturated rings. The minimum atomic E-state index is -0.956. The van der Waals surface area contributed by atoms with Crippen LogP contribution in [0.4, 0.5) is 0 Å². The van der Waals surface area contributed by atoms with Crippen molar-refractivity contribution in [1.29, 1.82) is 0 Å². The van der Waals surface area contributed by atoms with Crippen LogP contribution in [-0.2, 0) is 11.3 Å². The number of hydrogen-bond donors (Lipinski definition) is 1. The van der Waals surface area contributed by atoms with E-state index in [0.717, 1.165) is 17.2 Å². The largest absolute Gasteiger partial charge is 0.478 e. The number of aromatic carboxylic acids is 1. The third kappa shape index (κ3) is 1.79. The molecular weight excluding hydrogens is 208 g/mol. The second kappa shape index (κ2) is 4.14. The van der Waals surface area contributed by atoms with E-state index < -0.39 is 5.97 Å². The molecule has 0 aliphatic carbocycles. The average Bonchev–Trinajstić information content (AvgIpc) is 2.68. The standard InChI is InChI=1S/C11H10N2O3/c14-5-1-4-13-10-3-2-8(11(15)16)6-9(10)7-12-13/h2-3,5-7H,1,4H2,(H,15,16). The number of benzene rings is 1. The van der Waals surface area contributed by atoms with Crippen LogP contribution in [0.5, 0.6) is 0 Å². The normalized spacial score (nSPS) is 10.5. The van der Waals surface area contributed by atoms with E-state index >= 15 is 0 Å². The number of aldehydes is 1. The summed E-state index contributed by atoms with van der Waals surface area (Å²) in [4.78, 5) is 21.0. The highest BCUT2D eigenvalue weighted by atomic mass is 16.4. The second-order valence-electron chi connectivity index (χ2n) is 3.40. The van der Waals surface area contributed by atoms with Crippen LogP contribution >= 0.6 is 0 Å². The molecule has 1 N–H and O–H groups in total. The van der Waals surface area contributed by atoms with Crippen LogP contribution in [0.25, 0.3) is 10.9 Å². The van der Waals surface area contributed by atoms with Crippen LogP contribution < -0.4 is 0 Å². The maximum absolute atomic E-state index is 10.7. The first kappa shape index (κ1) is 10.4. The summed E-state index contributed by atoms with van der Waals surface area (Å²) in [5.74, 6) is -0.956. The predicted octanol–water partition coefficient (Wildman–Crippen LogP) is 1.32. The average molecular weight is 218 g/mol. The molecule has 0 bridgehead atoms. The smallest absolute Gasteiger partial charge is 0.335 e. The van der Waals surface area contributed by atoms with Gasteiger partial charge in [0.25, 0.3) is 0 Å². The number of carboxylic acids is 1. The Balaban J connectivity index is 2.42. The molecule has 5 nitrogen and oxygen atoms in total. The van der Waals surface area contributed by atoms with Crippen LogP contribution in [0, 0.1) is 0 Å². The Kier molecular flexibility index (Phi) is 2.68. The fraction of sp³-hybridized carbons (Fsp3) is 0.182. The van der Waals surface area contributed by atoms with Gasteiger partial charge in [-0.3, -0.25) is 4.68 Å². The van der Waals surface area contributed by atoms with Gasteiger partial charge < -0.3 is 9.90 Å². The highest BCUT2D eigenvalue weighted by molar-refractivity contribution is 5.93. The summed E-state index contributed by atoms with van der Waals surface area (Å²) in [6.45, 7) is 0.513. The zero-order chi connectivity index (χ0) is 11.5. The van der Waals surface area contributed by atoms with Crippen molar-refractivity contribution in [2.45, 2.75) is 13.0 Å². The van der Waals surface area contributed by atoms with Gasteiger partial charge in [0.1, 0.15) is 6.29 Å². The highest BCUT2D eigenvalue weighted by Gasteiger charge is 2.07. The van der Waals surface area contributed by atoms with Gasteiger partial charge in [-0.15, -0.1) is 0 Å². The lowest BCUT2D eigenvalue weighted by atomic mass is 10.1. The van der Waals surface area contributed by atoms with Crippen molar-refractivity contribution in [2.75, 3.05) is 0 Å². The predicted molar refractivity (Wildman–Crippen MR) is 57.4 cm³/mol. The lowest BCUT2D eigenvalue weighted by molar-refractivity contribution is -0.108. The van der Waals surface area contributed by atoms with E-state index in [0.29, 0.717) is 13.0 Å². The molecular formula is C11H10N2O3. The lowest BCUT2D eigenvalue weighted by Crippen LogP contribution is -2.00. The van der Waals surface area contributed by atoms with E-state index in [1.54, 1.807) is 23.0 Å². The molecule has 0 radical (unpaired) electrons. The summed E-state index contributed by atoms with van der Waals surface area (Å²) in [5, 5.41) is 13.7. The van der Waals surface area contributed by atoms with Crippen molar-refractivity contribution in [3.8, 4) is 0 Å². The van der Waals surface area contributed by atoms with Gasteiger partial charge in [-0.05, 0) is 18.2 Å². The van der Waals surface area contributed by atoms with Crippen LogP contribution in [0.3, 0.4) is 0 Å². The Bertz CT molecular complexity index is 545. The fourth-order valence-corrected chi connectivity index (χ4v) is 1.57. The summed E-state index contributed by atoms with van der Waals surface area (Å²) in [6, 6.07) is 4.81. The molecule has 1 aromatic carbocycles. The van der Waals surface area contributed by atoms with Crippen LogP contribution in [0.2, 0.25) is 0 Å². The van der Waals surface area contributed by atoms with E-state index in [4.69, 9.17) is 5.11 Å². The van der Waals surface area contributed by atoms with Crippen molar-refractivity contribution < 1.29 is 14.7 Å². The molecule has 2 rings (SSSR count). The van der Waals surface area contributed by atoms with Gasteiger partial charge >= 0.3 is 5.97 Å². The molecule has 0 aliphatic rings. The Hall–Kier alpha value is -2.17. The molecule has 1 heterocycles. The van der Waals surface area contributed by atoms with Gasteiger partial charge in [-0.1, -0.05) is 0 Å². The number of carbonyl (C=O) groups is 2. The van der Waals surface area contributed by atoms with Crippen molar-refractivity contribution in [3.63, 3.8) is 0 Å². The van der Waals surface area contributed by atoms with Crippen LogP contribution in [-0.4, -0.2) is 27.1 Å². The van der Waals surface area contributed by atoms with E-state index in [1.807, 2.05) is 0 Å². The first-order valence-corrected chi connectivity index (χ1v) is 4.85. The zero-order valence-corrected chi connectivity index (χ0v) is 8.46. The zero-order valence-electron chi connectivity index (χ0n) is 8.46. The summed E-state index contributed by atoms with van der Waals surface area (Å²) in [5.41, 5.74) is 1.08. The topological polar surface area (TPSA) is 72.2 Å². The fourth-order valence-electron chi connectivity index (χ4n) is 1.57. The summed E-state index contributed by atoms with van der Waals surface area (Å²) in [7, 11) is 0. The molecule has 0 saturated heterocycles. The number of aromatic nitrogens is 2. The maximum Gasteiger partial charge on any atom is 0.335 e. The summed E-state index contributed by atoms with van der Waals surface area (Å²) in [6.07, 6.45) is 2.84. The van der Waals surface area contributed by atoms with E-state index in [9.17, 15) is 9.59 Å². The molecule has 0 saturated carbocycles. The minimum absolute atomic E-state index is 0.238. The first-order valence-electron chi connectivity index (χ1n) is 4.85. The Morgan fingerprint density at radius 2 is 2.31 bits per heavy atom. The molecule has 0 aliphatic heterocycles. The number of rotatable bonds is 4. The summed E-state index contributed by atoms with van der Waals surface area (Å²) < 4.78 is 1.69. The molecule has 82 valence electrons. The number of aryl methyl sites for hydroxylation is 1. The molecule has 2 aromatic rings. The number of carboxylic acid groups (broad SMARTS) is 1. The molecule has 16 heavy (non-hydrogen) atoms. The van der Waals surface area contributed by atoms with E-state index in [2.05, 4.69) is 5.10 Å². The van der Waals surface area contributed by atoms with Gasteiger partial charge in [-0.2, -0.15) is 5.10 Å². The van der Waals surface area contributed by atoms with Gasteiger partial charge in [0.2, 0.25) is 0 Å². The van der Waals surface area contributed by atoms with Crippen molar-refractivity contribution >= 4 is 23.2 Å².